The Hall–Kier alpha value is -3.19. The van der Waals surface area contributed by atoms with Crippen LogP contribution in [0.5, 0.6) is 0 Å². The highest BCUT2D eigenvalue weighted by atomic mass is 16.5. The van der Waals surface area contributed by atoms with Crippen molar-refractivity contribution in [2.75, 3.05) is 55.0 Å². The molecule has 0 spiro atoms. The molecule has 0 bridgehead atoms. The molecule has 3 heterocycles. The number of ether oxygens (including phenoxy) is 1. The highest BCUT2D eigenvalue weighted by molar-refractivity contribution is 5.74. The second-order valence-corrected chi connectivity index (χ2v) is 7.01. The number of morpholine rings is 1. The SMILES string of the molecule is CN(CCc1ccncc1)c1nccc(Nc2ccccc2N2CCOCC2)n1. The summed E-state index contributed by atoms with van der Waals surface area (Å²) in [5.74, 6) is 1.49. The Labute approximate surface area is 171 Å². The molecule has 0 radical (unpaired) electrons. The van der Waals surface area contributed by atoms with Crippen molar-refractivity contribution >= 4 is 23.1 Å². The zero-order valence-electron chi connectivity index (χ0n) is 16.7. The van der Waals surface area contributed by atoms with E-state index in [4.69, 9.17) is 9.72 Å². The number of nitrogens with zero attached hydrogens (tertiary/aromatic N) is 5. The number of rotatable bonds is 7. The topological polar surface area (TPSA) is 66.4 Å². The molecule has 7 nitrogen and oxygen atoms in total. The minimum atomic E-state index is 0.702. The fraction of sp³-hybridized carbons (Fsp3) is 0.318. The van der Waals surface area contributed by atoms with E-state index in [2.05, 4.69) is 43.3 Å². The van der Waals surface area contributed by atoms with Crippen molar-refractivity contribution in [3.05, 3.63) is 66.6 Å². The van der Waals surface area contributed by atoms with Crippen molar-refractivity contribution < 1.29 is 4.74 Å². The third-order valence-electron chi connectivity index (χ3n) is 4.99. The van der Waals surface area contributed by atoms with Crippen LogP contribution in [0.2, 0.25) is 0 Å². The number of hydrogen-bond acceptors (Lipinski definition) is 7. The molecule has 3 aromatic rings. The van der Waals surface area contributed by atoms with E-state index in [1.165, 1.54) is 11.3 Å². The van der Waals surface area contributed by atoms with Gasteiger partial charge in [0, 0.05) is 45.3 Å². The molecule has 4 rings (SSSR count). The van der Waals surface area contributed by atoms with Gasteiger partial charge in [0.1, 0.15) is 5.82 Å². The van der Waals surface area contributed by atoms with E-state index in [0.717, 1.165) is 50.8 Å². The maximum Gasteiger partial charge on any atom is 0.227 e. The van der Waals surface area contributed by atoms with Crippen molar-refractivity contribution in [1.29, 1.82) is 0 Å². The Balaban J connectivity index is 1.45. The number of hydrogen-bond donors (Lipinski definition) is 1. The van der Waals surface area contributed by atoms with E-state index in [1.807, 2.05) is 43.7 Å². The molecule has 7 heteroatoms. The minimum Gasteiger partial charge on any atom is -0.378 e. The van der Waals surface area contributed by atoms with Gasteiger partial charge in [-0.3, -0.25) is 4.98 Å². The van der Waals surface area contributed by atoms with E-state index in [-0.39, 0.29) is 0 Å². The molecule has 29 heavy (non-hydrogen) atoms. The van der Waals surface area contributed by atoms with Gasteiger partial charge in [0.25, 0.3) is 0 Å². The zero-order valence-corrected chi connectivity index (χ0v) is 16.7. The van der Waals surface area contributed by atoms with Crippen LogP contribution in [0.25, 0.3) is 0 Å². The standard InChI is InChI=1S/C22H26N6O/c1-27(13-9-18-6-10-23-11-7-18)22-24-12-8-21(26-22)25-19-4-2-3-5-20(19)28-14-16-29-17-15-28/h2-8,10-12H,9,13-17H2,1H3,(H,24,25,26). The molecule has 1 aromatic carbocycles. The predicted molar refractivity (Wildman–Crippen MR) is 116 cm³/mol. The molecule has 2 aromatic heterocycles. The lowest BCUT2D eigenvalue weighted by Crippen LogP contribution is -2.36. The van der Waals surface area contributed by atoms with Crippen molar-refractivity contribution in [3.63, 3.8) is 0 Å². The number of nitrogens with one attached hydrogen (secondary N) is 1. The quantitative estimate of drug-likeness (QED) is 0.665. The second kappa shape index (κ2) is 9.34. The number of aromatic nitrogens is 3. The third kappa shape index (κ3) is 5.00. The van der Waals surface area contributed by atoms with E-state index in [9.17, 15) is 0 Å². The van der Waals surface area contributed by atoms with Gasteiger partial charge in [-0.2, -0.15) is 4.98 Å². The van der Waals surface area contributed by atoms with Gasteiger partial charge in [-0.05, 0) is 42.3 Å². The van der Waals surface area contributed by atoms with Gasteiger partial charge in [0.15, 0.2) is 0 Å². The molecule has 150 valence electrons. The Morgan fingerprint density at radius 3 is 2.66 bits per heavy atom. The smallest absolute Gasteiger partial charge is 0.227 e. The monoisotopic (exact) mass is 390 g/mol. The van der Waals surface area contributed by atoms with Crippen LogP contribution >= 0.6 is 0 Å². The Kier molecular flexibility index (Phi) is 6.16. The molecule has 1 N–H and O–H groups in total. The van der Waals surface area contributed by atoms with Crippen LogP contribution in [-0.2, 0) is 11.2 Å². The highest BCUT2D eigenvalue weighted by Gasteiger charge is 2.15. The Bertz CT molecular complexity index is 914. The zero-order chi connectivity index (χ0) is 19.9. The molecule has 0 aliphatic carbocycles. The normalized spacial score (nSPS) is 13.9. The molecule has 0 atom stereocenters. The Morgan fingerprint density at radius 2 is 1.83 bits per heavy atom. The summed E-state index contributed by atoms with van der Waals surface area (Å²) in [4.78, 5) is 17.6. The van der Waals surface area contributed by atoms with Gasteiger partial charge >= 0.3 is 0 Å². The average Bonchev–Trinajstić information content (AvgIpc) is 2.79. The largest absolute Gasteiger partial charge is 0.378 e. The molecule has 1 aliphatic heterocycles. The number of para-hydroxylation sites is 2. The molecule has 0 amide bonds. The van der Waals surface area contributed by atoms with Crippen molar-refractivity contribution in [2.24, 2.45) is 0 Å². The summed E-state index contributed by atoms with van der Waals surface area (Å²) < 4.78 is 5.48. The van der Waals surface area contributed by atoms with Crippen LogP contribution in [0.1, 0.15) is 5.56 Å². The fourth-order valence-electron chi connectivity index (χ4n) is 3.35. The van der Waals surface area contributed by atoms with Crippen LogP contribution in [-0.4, -0.2) is 54.8 Å². The number of anilines is 4. The van der Waals surface area contributed by atoms with E-state index < -0.39 is 0 Å². The minimum absolute atomic E-state index is 0.702. The summed E-state index contributed by atoms with van der Waals surface area (Å²) in [5, 5.41) is 3.47. The fourth-order valence-corrected chi connectivity index (χ4v) is 3.35. The van der Waals surface area contributed by atoms with E-state index in [1.54, 1.807) is 6.20 Å². The van der Waals surface area contributed by atoms with Gasteiger partial charge in [0.05, 0.1) is 24.6 Å². The van der Waals surface area contributed by atoms with Crippen LogP contribution < -0.4 is 15.1 Å². The molecule has 0 saturated carbocycles. The van der Waals surface area contributed by atoms with Crippen LogP contribution in [0, 0.1) is 0 Å². The first-order valence-electron chi connectivity index (χ1n) is 9.91. The van der Waals surface area contributed by atoms with Crippen molar-refractivity contribution in [1.82, 2.24) is 15.0 Å². The van der Waals surface area contributed by atoms with Gasteiger partial charge in [-0.25, -0.2) is 4.98 Å². The molecular weight excluding hydrogens is 364 g/mol. The first kappa shape index (κ1) is 19.1. The molecule has 1 aliphatic rings. The average molecular weight is 390 g/mol. The maximum atomic E-state index is 5.48. The van der Waals surface area contributed by atoms with E-state index >= 15 is 0 Å². The molecule has 1 saturated heterocycles. The lowest BCUT2D eigenvalue weighted by Gasteiger charge is -2.30. The first-order valence-corrected chi connectivity index (χ1v) is 9.91. The maximum absolute atomic E-state index is 5.48. The summed E-state index contributed by atoms with van der Waals surface area (Å²) in [7, 11) is 2.02. The third-order valence-corrected chi connectivity index (χ3v) is 4.99. The highest BCUT2D eigenvalue weighted by Crippen LogP contribution is 2.29. The lowest BCUT2D eigenvalue weighted by molar-refractivity contribution is 0.123. The van der Waals surface area contributed by atoms with Gasteiger partial charge in [0.2, 0.25) is 5.95 Å². The second-order valence-electron chi connectivity index (χ2n) is 7.01. The Morgan fingerprint density at radius 1 is 1.03 bits per heavy atom. The lowest BCUT2D eigenvalue weighted by atomic mass is 10.2. The van der Waals surface area contributed by atoms with Crippen molar-refractivity contribution in [2.45, 2.75) is 6.42 Å². The summed E-state index contributed by atoms with van der Waals surface area (Å²) in [5.41, 5.74) is 3.46. The summed E-state index contributed by atoms with van der Waals surface area (Å²) >= 11 is 0. The summed E-state index contributed by atoms with van der Waals surface area (Å²) in [6, 6.07) is 14.3. The number of benzene rings is 1. The first-order chi connectivity index (χ1) is 14.3. The molecule has 1 fully saturated rings. The molecule has 0 unspecified atom stereocenters. The van der Waals surface area contributed by atoms with Crippen LogP contribution in [0.3, 0.4) is 0 Å². The van der Waals surface area contributed by atoms with Crippen LogP contribution in [0.15, 0.2) is 61.1 Å². The van der Waals surface area contributed by atoms with Gasteiger partial charge in [-0.1, -0.05) is 12.1 Å². The van der Waals surface area contributed by atoms with Gasteiger partial charge < -0.3 is 19.9 Å². The summed E-state index contributed by atoms with van der Waals surface area (Å²) in [6.07, 6.45) is 6.36. The predicted octanol–water partition coefficient (Wildman–Crippen LogP) is 3.13. The number of likely N-dealkylation sites (N-methyl/N-ethyl adjacent to an activating group) is 1. The van der Waals surface area contributed by atoms with Crippen LogP contribution in [0.4, 0.5) is 23.1 Å². The van der Waals surface area contributed by atoms with E-state index in [0.29, 0.717) is 5.95 Å². The summed E-state index contributed by atoms with van der Waals surface area (Å²) in [6.45, 7) is 4.14. The molecular formula is C22H26N6O. The van der Waals surface area contributed by atoms with Gasteiger partial charge in [-0.15, -0.1) is 0 Å². The number of pyridine rings is 1. The van der Waals surface area contributed by atoms with Crippen molar-refractivity contribution in [3.8, 4) is 0 Å².